The molecule has 0 aliphatic carbocycles. The number of ether oxygens (including phenoxy) is 6. The van der Waals surface area contributed by atoms with E-state index < -0.39 is 30.4 Å². The number of carbonyl (C=O) groups excluding carboxylic acids is 4. The molecular formula is C30H47NO10. The van der Waals surface area contributed by atoms with Crippen LogP contribution >= 0.6 is 0 Å². The average molecular weight is 582 g/mol. The van der Waals surface area contributed by atoms with E-state index in [-0.39, 0.29) is 42.7 Å². The number of hydrogen-bond donors (Lipinski definition) is 1. The molecule has 1 aromatic rings. The van der Waals surface area contributed by atoms with Gasteiger partial charge in [0.05, 0.1) is 0 Å². The zero-order valence-electron chi connectivity index (χ0n) is 25.3. The van der Waals surface area contributed by atoms with Gasteiger partial charge in [-0.1, -0.05) is 52.5 Å². The number of nitrogens with two attached hydrogens (primary N) is 1. The van der Waals surface area contributed by atoms with E-state index in [0.717, 1.165) is 32.1 Å². The van der Waals surface area contributed by atoms with E-state index in [1.807, 2.05) is 20.8 Å². The normalized spacial score (nSPS) is 13.7. The molecule has 0 saturated heterocycles. The first-order valence-corrected chi connectivity index (χ1v) is 14.5. The van der Waals surface area contributed by atoms with E-state index in [0.29, 0.717) is 24.8 Å². The van der Waals surface area contributed by atoms with Crippen LogP contribution < -0.4 is 15.2 Å². The monoisotopic (exact) mass is 581 g/mol. The molecule has 0 bridgehead atoms. The fourth-order valence-electron chi connectivity index (χ4n) is 3.79. The van der Waals surface area contributed by atoms with Crippen LogP contribution in [0.3, 0.4) is 0 Å². The Kier molecular flexibility index (Phi) is 17.1. The van der Waals surface area contributed by atoms with Crippen molar-refractivity contribution >= 4 is 24.2 Å². The SMILES string of the molecule is CCCCCC(=O)OC[C@H](C)OC(=O)[C@@H](N)Cc1ccc(OC(=O)OC(C)CCC)c(OC(=O)OC(C)CCC)c1. The van der Waals surface area contributed by atoms with E-state index in [1.54, 1.807) is 26.8 Å². The van der Waals surface area contributed by atoms with Crippen LogP contribution in [0.15, 0.2) is 18.2 Å². The van der Waals surface area contributed by atoms with Gasteiger partial charge in [0.15, 0.2) is 11.5 Å². The molecule has 1 aromatic carbocycles. The topological polar surface area (TPSA) is 150 Å². The molecule has 0 aliphatic heterocycles. The van der Waals surface area contributed by atoms with Crippen molar-refractivity contribution < 1.29 is 47.6 Å². The second-order valence-electron chi connectivity index (χ2n) is 10.1. The Morgan fingerprint density at radius 1 is 0.756 bits per heavy atom. The molecule has 0 fully saturated rings. The Hall–Kier alpha value is -3.34. The first-order chi connectivity index (χ1) is 19.5. The highest BCUT2D eigenvalue weighted by Gasteiger charge is 2.23. The highest BCUT2D eigenvalue weighted by Crippen LogP contribution is 2.30. The van der Waals surface area contributed by atoms with Crippen molar-refractivity contribution in [3.63, 3.8) is 0 Å². The van der Waals surface area contributed by atoms with E-state index in [2.05, 4.69) is 0 Å². The van der Waals surface area contributed by atoms with Gasteiger partial charge in [0.2, 0.25) is 0 Å². The van der Waals surface area contributed by atoms with Crippen molar-refractivity contribution in [2.45, 2.75) is 124 Å². The second kappa shape index (κ2) is 19.7. The van der Waals surface area contributed by atoms with Gasteiger partial charge in [-0.3, -0.25) is 9.59 Å². The molecule has 0 radical (unpaired) electrons. The molecule has 2 N–H and O–H groups in total. The van der Waals surface area contributed by atoms with Crippen molar-refractivity contribution in [3.05, 3.63) is 23.8 Å². The minimum Gasteiger partial charge on any atom is -0.462 e. The molecule has 11 nitrogen and oxygen atoms in total. The molecule has 1 rings (SSSR count). The largest absolute Gasteiger partial charge is 0.514 e. The Bertz CT molecular complexity index is 967. The van der Waals surface area contributed by atoms with Gasteiger partial charge in [-0.25, -0.2) is 9.59 Å². The maximum Gasteiger partial charge on any atom is 0.514 e. The Morgan fingerprint density at radius 2 is 1.34 bits per heavy atom. The zero-order valence-corrected chi connectivity index (χ0v) is 25.3. The number of unbranched alkanes of at least 4 members (excludes halogenated alkanes) is 2. The molecule has 0 aliphatic rings. The number of rotatable bonds is 18. The van der Waals surface area contributed by atoms with Crippen molar-refractivity contribution in [2.75, 3.05) is 6.61 Å². The zero-order chi connectivity index (χ0) is 30.8. The third kappa shape index (κ3) is 15.3. The van der Waals surface area contributed by atoms with Crippen LogP contribution in [-0.2, 0) is 35.0 Å². The van der Waals surface area contributed by atoms with Crippen LogP contribution in [0.4, 0.5) is 9.59 Å². The van der Waals surface area contributed by atoms with Gasteiger partial charge >= 0.3 is 24.2 Å². The molecule has 41 heavy (non-hydrogen) atoms. The molecule has 11 heteroatoms. The van der Waals surface area contributed by atoms with Crippen LogP contribution in [0, 0.1) is 0 Å². The van der Waals surface area contributed by atoms with Crippen LogP contribution in [0.5, 0.6) is 11.5 Å². The van der Waals surface area contributed by atoms with Crippen molar-refractivity contribution in [1.82, 2.24) is 0 Å². The molecule has 2 unspecified atom stereocenters. The van der Waals surface area contributed by atoms with Crippen LogP contribution in [0.1, 0.15) is 98.5 Å². The third-order valence-electron chi connectivity index (χ3n) is 5.92. The quantitative estimate of drug-likeness (QED) is 0.0938. The maximum atomic E-state index is 12.5. The van der Waals surface area contributed by atoms with Gasteiger partial charge in [0, 0.05) is 6.42 Å². The summed E-state index contributed by atoms with van der Waals surface area (Å²) in [5.41, 5.74) is 6.58. The van der Waals surface area contributed by atoms with Gasteiger partial charge in [0.1, 0.15) is 31.0 Å². The lowest BCUT2D eigenvalue weighted by Gasteiger charge is -2.18. The van der Waals surface area contributed by atoms with E-state index in [1.165, 1.54) is 12.1 Å². The lowest BCUT2D eigenvalue weighted by Crippen LogP contribution is -2.37. The van der Waals surface area contributed by atoms with E-state index >= 15 is 0 Å². The summed E-state index contributed by atoms with van der Waals surface area (Å²) in [6.07, 6.45) is 2.65. The summed E-state index contributed by atoms with van der Waals surface area (Å²) in [5, 5.41) is 0. The number of benzene rings is 1. The van der Waals surface area contributed by atoms with Crippen molar-refractivity contribution in [3.8, 4) is 11.5 Å². The molecule has 4 atom stereocenters. The predicted molar refractivity (Wildman–Crippen MR) is 152 cm³/mol. The highest BCUT2D eigenvalue weighted by atomic mass is 16.7. The van der Waals surface area contributed by atoms with Crippen LogP contribution in [0.25, 0.3) is 0 Å². The smallest absolute Gasteiger partial charge is 0.462 e. The fraction of sp³-hybridized carbons (Fsp3) is 0.667. The summed E-state index contributed by atoms with van der Waals surface area (Å²) < 4.78 is 31.6. The van der Waals surface area contributed by atoms with Gasteiger partial charge in [-0.2, -0.15) is 0 Å². The van der Waals surface area contributed by atoms with Gasteiger partial charge < -0.3 is 34.2 Å². The molecule has 0 spiro atoms. The number of carbonyl (C=O) groups is 4. The number of esters is 2. The standard InChI is InChI=1S/C30H47NO10/c1-7-10-11-14-27(32)36-19-22(6)37-28(33)24(31)17-23-15-16-25(40-29(34)38-20(4)12-8-2)26(18-23)41-30(35)39-21(5)13-9-3/h15-16,18,20-22,24H,7-14,17,19,31H2,1-6H3/t20?,21?,22-,24-/m0/s1. The Balaban J connectivity index is 2.87. The average Bonchev–Trinajstić information content (AvgIpc) is 2.89. The predicted octanol–water partition coefficient (Wildman–Crippen LogP) is 6.02. The van der Waals surface area contributed by atoms with E-state index in [9.17, 15) is 19.2 Å². The van der Waals surface area contributed by atoms with E-state index in [4.69, 9.17) is 34.2 Å². The molecule has 0 saturated carbocycles. The minimum absolute atomic E-state index is 0.0261. The summed E-state index contributed by atoms with van der Waals surface area (Å²) in [5.74, 6) is -1.19. The summed E-state index contributed by atoms with van der Waals surface area (Å²) in [4.78, 5) is 49.0. The third-order valence-corrected chi connectivity index (χ3v) is 5.92. The molecule has 0 heterocycles. The first-order valence-electron chi connectivity index (χ1n) is 14.5. The Morgan fingerprint density at radius 3 is 1.90 bits per heavy atom. The summed E-state index contributed by atoms with van der Waals surface area (Å²) in [6, 6.07) is 3.36. The first kappa shape index (κ1) is 35.7. The molecular weight excluding hydrogens is 534 g/mol. The van der Waals surface area contributed by atoms with Crippen molar-refractivity contribution in [2.24, 2.45) is 5.73 Å². The number of hydrogen-bond acceptors (Lipinski definition) is 11. The Labute approximate surface area is 243 Å². The lowest BCUT2D eigenvalue weighted by atomic mass is 10.1. The second-order valence-corrected chi connectivity index (χ2v) is 10.1. The van der Waals surface area contributed by atoms with Crippen LogP contribution in [0.2, 0.25) is 0 Å². The maximum absolute atomic E-state index is 12.5. The van der Waals surface area contributed by atoms with Crippen LogP contribution in [-0.4, -0.2) is 55.2 Å². The summed E-state index contributed by atoms with van der Waals surface area (Å²) >= 11 is 0. The molecule has 0 aromatic heterocycles. The van der Waals surface area contributed by atoms with Gasteiger partial charge in [0.25, 0.3) is 0 Å². The highest BCUT2D eigenvalue weighted by molar-refractivity contribution is 5.76. The van der Waals surface area contributed by atoms with Gasteiger partial charge in [-0.15, -0.1) is 0 Å². The molecule has 0 amide bonds. The summed E-state index contributed by atoms with van der Waals surface area (Å²) in [7, 11) is 0. The van der Waals surface area contributed by atoms with Crippen molar-refractivity contribution in [1.29, 1.82) is 0 Å². The minimum atomic E-state index is -1.06. The molecule has 232 valence electrons. The summed E-state index contributed by atoms with van der Waals surface area (Å²) in [6.45, 7) is 11.0. The fourth-order valence-corrected chi connectivity index (χ4v) is 3.79. The van der Waals surface area contributed by atoms with Gasteiger partial charge in [-0.05, 0) is 64.2 Å². The lowest BCUT2D eigenvalue weighted by molar-refractivity contribution is -0.159.